The summed E-state index contributed by atoms with van der Waals surface area (Å²) in [5.74, 6) is 0. The van der Waals surface area contributed by atoms with E-state index in [-0.39, 0.29) is 0 Å². The highest BCUT2D eigenvalue weighted by atomic mass is 14.1. The maximum atomic E-state index is 2.45. The van der Waals surface area contributed by atoms with Crippen molar-refractivity contribution in [3.8, 4) is 0 Å². The summed E-state index contributed by atoms with van der Waals surface area (Å²) in [6.07, 6.45) is 36.3. The highest BCUT2D eigenvalue weighted by molar-refractivity contribution is 4.81. The van der Waals surface area contributed by atoms with E-state index in [4.69, 9.17) is 0 Å². The van der Waals surface area contributed by atoms with Crippen LogP contribution in [0.4, 0.5) is 0 Å². The third-order valence-electron chi connectivity index (χ3n) is 6.19. The van der Waals surface area contributed by atoms with Crippen molar-refractivity contribution in [3.05, 3.63) is 12.2 Å². The van der Waals surface area contributed by atoms with Gasteiger partial charge in [-0.15, -0.1) is 0 Å². The molecular formula is C29H58. The Morgan fingerprint density at radius 2 is 0.724 bits per heavy atom. The fourth-order valence-corrected chi connectivity index (χ4v) is 4.14. The lowest BCUT2D eigenvalue weighted by atomic mass is 9.89. The van der Waals surface area contributed by atoms with E-state index in [1.807, 2.05) is 0 Å². The van der Waals surface area contributed by atoms with Gasteiger partial charge in [0.15, 0.2) is 0 Å². The van der Waals surface area contributed by atoms with Crippen LogP contribution in [0.25, 0.3) is 0 Å². The monoisotopic (exact) mass is 406 g/mol. The Balaban J connectivity index is 3.10. The lowest BCUT2D eigenvalue weighted by molar-refractivity contribution is 0.356. The normalized spacial score (nSPS) is 12.3. The average molecular weight is 407 g/mol. The molecule has 0 aromatic carbocycles. The summed E-state index contributed by atoms with van der Waals surface area (Å²) >= 11 is 0. The van der Waals surface area contributed by atoms with Gasteiger partial charge in [0, 0.05) is 0 Å². The first kappa shape index (κ1) is 28.7. The van der Waals surface area contributed by atoms with Crippen molar-refractivity contribution in [2.75, 3.05) is 0 Å². The lowest BCUT2D eigenvalue weighted by Crippen LogP contribution is -2.03. The summed E-state index contributed by atoms with van der Waals surface area (Å²) in [6, 6.07) is 0. The van der Waals surface area contributed by atoms with Gasteiger partial charge in [0.1, 0.15) is 0 Å². The van der Waals surface area contributed by atoms with Gasteiger partial charge in [0.05, 0.1) is 0 Å². The molecule has 0 saturated heterocycles. The molecule has 0 nitrogen and oxygen atoms in total. The minimum atomic E-state index is 0.530. The van der Waals surface area contributed by atoms with Gasteiger partial charge in [-0.1, -0.05) is 149 Å². The molecule has 0 saturated carbocycles. The molecule has 0 bridgehead atoms. The van der Waals surface area contributed by atoms with Crippen molar-refractivity contribution < 1.29 is 0 Å². The topological polar surface area (TPSA) is 0 Å². The Bertz CT molecular complexity index is 319. The SMILES string of the molecule is CCCCCCCCCCCC=CCCCCCCCCCCCCC(C)(C)C. The molecular weight excluding hydrogens is 348 g/mol. The second kappa shape index (κ2) is 22.4. The summed E-state index contributed by atoms with van der Waals surface area (Å²) in [4.78, 5) is 0. The van der Waals surface area contributed by atoms with Crippen LogP contribution in [0.3, 0.4) is 0 Å². The number of unbranched alkanes of at least 4 members (excludes halogenated alkanes) is 19. The fourth-order valence-electron chi connectivity index (χ4n) is 4.14. The predicted octanol–water partition coefficient (Wildman–Crippen LogP) is 11.2. The Kier molecular flexibility index (Phi) is 22.2. The zero-order valence-electron chi connectivity index (χ0n) is 21.2. The number of allylic oxidation sites excluding steroid dienone is 2. The summed E-state index contributed by atoms with van der Waals surface area (Å²) in [5.41, 5.74) is 0.530. The van der Waals surface area contributed by atoms with E-state index in [1.54, 1.807) is 0 Å². The molecule has 0 aliphatic heterocycles. The third-order valence-corrected chi connectivity index (χ3v) is 6.19. The van der Waals surface area contributed by atoms with E-state index in [1.165, 1.54) is 141 Å². The first-order chi connectivity index (χ1) is 14.1. The molecule has 0 aromatic rings. The number of hydrogen-bond donors (Lipinski definition) is 0. The highest BCUT2D eigenvalue weighted by Gasteiger charge is 2.08. The Morgan fingerprint density at radius 1 is 0.414 bits per heavy atom. The van der Waals surface area contributed by atoms with Crippen molar-refractivity contribution >= 4 is 0 Å². The maximum absolute atomic E-state index is 2.45. The van der Waals surface area contributed by atoms with Crippen molar-refractivity contribution in [1.29, 1.82) is 0 Å². The van der Waals surface area contributed by atoms with E-state index >= 15 is 0 Å². The van der Waals surface area contributed by atoms with Crippen molar-refractivity contribution in [2.24, 2.45) is 5.41 Å². The number of rotatable bonds is 22. The van der Waals surface area contributed by atoms with E-state index in [2.05, 4.69) is 39.8 Å². The van der Waals surface area contributed by atoms with Gasteiger partial charge in [0.2, 0.25) is 0 Å². The molecule has 0 amide bonds. The summed E-state index contributed by atoms with van der Waals surface area (Å²) in [6.45, 7) is 9.38. The first-order valence-corrected chi connectivity index (χ1v) is 13.7. The molecule has 0 aromatic heterocycles. The van der Waals surface area contributed by atoms with Crippen LogP contribution in [0.5, 0.6) is 0 Å². The smallest absolute Gasteiger partial charge is 0.0351 e. The lowest BCUT2D eigenvalue weighted by Gasteiger charge is -2.17. The zero-order chi connectivity index (χ0) is 21.5. The predicted molar refractivity (Wildman–Crippen MR) is 136 cm³/mol. The highest BCUT2D eigenvalue weighted by Crippen LogP contribution is 2.22. The van der Waals surface area contributed by atoms with Crippen molar-refractivity contribution in [3.63, 3.8) is 0 Å². The second-order valence-corrected chi connectivity index (χ2v) is 10.7. The van der Waals surface area contributed by atoms with Gasteiger partial charge in [-0.05, 0) is 37.5 Å². The number of hydrogen-bond acceptors (Lipinski definition) is 0. The molecule has 0 aliphatic rings. The molecule has 174 valence electrons. The van der Waals surface area contributed by atoms with Crippen LogP contribution in [0.2, 0.25) is 0 Å². The van der Waals surface area contributed by atoms with Crippen LogP contribution in [0.15, 0.2) is 12.2 Å². The molecule has 0 unspecified atom stereocenters. The maximum Gasteiger partial charge on any atom is -0.0351 e. The van der Waals surface area contributed by atoms with Crippen molar-refractivity contribution in [1.82, 2.24) is 0 Å². The third kappa shape index (κ3) is 27.7. The molecule has 0 aliphatic carbocycles. The van der Waals surface area contributed by atoms with Crippen LogP contribution in [-0.4, -0.2) is 0 Å². The van der Waals surface area contributed by atoms with E-state index < -0.39 is 0 Å². The van der Waals surface area contributed by atoms with Gasteiger partial charge < -0.3 is 0 Å². The second-order valence-electron chi connectivity index (χ2n) is 10.7. The molecule has 0 heteroatoms. The molecule has 0 rings (SSSR count). The zero-order valence-corrected chi connectivity index (χ0v) is 21.2. The van der Waals surface area contributed by atoms with Gasteiger partial charge in [-0.3, -0.25) is 0 Å². The van der Waals surface area contributed by atoms with E-state index in [0.29, 0.717) is 5.41 Å². The molecule has 0 heterocycles. The van der Waals surface area contributed by atoms with Gasteiger partial charge >= 0.3 is 0 Å². The van der Waals surface area contributed by atoms with Crippen LogP contribution < -0.4 is 0 Å². The first-order valence-electron chi connectivity index (χ1n) is 13.7. The van der Waals surface area contributed by atoms with Crippen LogP contribution >= 0.6 is 0 Å². The van der Waals surface area contributed by atoms with Gasteiger partial charge in [0.25, 0.3) is 0 Å². The molecule has 0 radical (unpaired) electrons. The van der Waals surface area contributed by atoms with Crippen molar-refractivity contribution in [2.45, 2.75) is 169 Å². The fraction of sp³-hybridized carbons (Fsp3) is 0.931. The van der Waals surface area contributed by atoms with Crippen LogP contribution in [-0.2, 0) is 0 Å². The quantitative estimate of drug-likeness (QED) is 0.124. The summed E-state index contributed by atoms with van der Waals surface area (Å²) in [7, 11) is 0. The molecule has 29 heavy (non-hydrogen) atoms. The molecule has 0 N–H and O–H groups in total. The molecule has 0 atom stereocenters. The Morgan fingerprint density at radius 3 is 1.07 bits per heavy atom. The summed E-state index contributed by atoms with van der Waals surface area (Å²) < 4.78 is 0. The van der Waals surface area contributed by atoms with Gasteiger partial charge in [-0.2, -0.15) is 0 Å². The Labute approximate surface area is 186 Å². The van der Waals surface area contributed by atoms with E-state index in [9.17, 15) is 0 Å². The standard InChI is InChI=1S/C29H58/c1-5-6-7-8-9-10-11-12-13-14-15-16-17-18-19-20-21-22-23-24-25-26-27-28-29(2,3)4/h15-16H,5-14,17-28H2,1-4H3. The minimum Gasteiger partial charge on any atom is -0.0885 e. The largest absolute Gasteiger partial charge is 0.0885 e. The molecule has 0 fully saturated rings. The Hall–Kier alpha value is -0.260. The van der Waals surface area contributed by atoms with Crippen LogP contribution in [0, 0.1) is 5.41 Å². The minimum absolute atomic E-state index is 0.530. The van der Waals surface area contributed by atoms with E-state index in [0.717, 1.165) is 0 Å². The van der Waals surface area contributed by atoms with Crippen LogP contribution in [0.1, 0.15) is 169 Å². The average Bonchev–Trinajstić information content (AvgIpc) is 2.67. The molecule has 0 spiro atoms. The van der Waals surface area contributed by atoms with Gasteiger partial charge in [-0.25, -0.2) is 0 Å². The summed E-state index contributed by atoms with van der Waals surface area (Å²) in [5, 5.41) is 0.